The summed E-state index contributed by atoms with van der Waals surface area (Å²) in [4.78, 5) is 46.9. The number of hydrogen-bond acceptors (Lipinski definition) is 5. The number of para-hydroxylation sites is 1. The number of benzene rings is 3. The second kappa shape index (κ2) is 9.31. The summed E-state index contributed by atoms with van der Waals surface area (Å²) in [5.74, 6) is -0.350. The molecule has 0 spiro atoms. The number of nitrogens with one attached hydrogen (secondary N) is 1. The van der Waals surface area contributed by atoms with Gasteiger partial charge < -0.3 is 14.6 Å². The summed E-state index contributed by atoms with van der Waals surface area (Å²) >= 11 is 0. The Bertz CT molecular complexity index is 1440. The minimum atomic E-state index is -0.579. The van der Waals surface area contributed by atoms with Crippen molar-refractivity contribution < 1.29 is 14.3 Å². The molecule has 0 saturated heterocycles. The summed E-state index contributed by atoms with van der Waals surface area (Å²) in [6, 6.07) is 22.1. The minimum Gasteiger partial charge on any atom is -0.452 e. The Balaban J connectivity index is 1.27. The first-order chi connectivity index (χ1) is 16.6. The Labute approximate surface area is 196 Å². The van der Waals surface area contributed by atoms with Crippen molar-refractivity contribution in [3.8, 4) is 0 Å². The summed E-state index contributed by atoms with van der Waals surface area (Å²) < 4.78 is 5.38. The van der Waals surface area contributed by atoms with Crippen molar-refractivity contribution in [3.63, 3.8) is 0 Å². The normalized spacial score (nSPS) is 12.9. The molecule has 2 heterocycles. The fourth-order valence-corrected chi connectivity index (χ4v) is 4.28. The molecule has 1 aliphatic rings. The molecular formula is C27H23N3O4. The van der Waals surface area contributed by atoms with Crippen LogP contribution in [0.5, 0.6) is 0 Å². The lowest BCUT2D eigenvalue weighted by Gasteiger charge is -2.28. The van der Waals surface area contributed by atoms with Crippen molar-refractivity contribution in [2.45, 2.75) is 19.4 Å². The molecule has 170 valence electrons. The first-order valence-electron chi connectivity index (χ1n) is 11.2. The summed E-state index contributed by atoms with van der Waals surface area (Å²) in [5.41, 5.74) is 3.73. The van der Waals surface area contributed by atoms with Crippen molar-refractivity contribution in [3.05, 3.63) is 111 Å². The number of ether oxygens (including phenoxy) is 1. The number of H-pyrrole nitrogens is 1. The van der Waals surface area contributed by atoms with Crippen molar-refractivity contribution in [2.24, 2.45) is 0 Å². The van der Waals surface area contributed by atoms with Crippen LogP contribution < -0.4 is 5.56 Å². The van der Waals surface area contributed by atoms with Gasteiger partial charge in [-0.05, 0) is 41.3 Å². The predicted molar refractivity (Wildman–Crippen MR) is 127 cm³/mol. The van der Waals surface area contributed by atoms with Crippen LogP contribution in [0.4, 0.5) is 0 Å². The van der Waals surface area contributed by atoms with Gasteiger partial charge in [0.2, 0.25) is 0 Å². The predicted octanol–water partition coefficient (Wildman–Crippen LogP) is 3.26. The summed E-state index contributed by atoms with van der Waals surface area (Å²) in [6.45, 7) is 0.801. The third-order valence-corrected chi connectivity index (χ3v) is 6.07. The van der Waals surface area contributed by atoms with E-state index in [1.54, 1.807) is 41.3 Å². The van der Waals surface area contributed by atoms with Crippen LogP contribution in [-0.4, -0.2) is 39.9 Å². The van der Waals surface area contributed by atoms with Crippen LogP contribution in [0, 0.1) is 0 Å². The van der Waals surface area contributed by atoms with Gasteiger partial charge in [-0.3, -0.25) is 9.59 Å². The van der Waals surface area contributed by atoms with Gasteiger partial charge in [-0.2, -0.15) is 0 Å². The molecule has 1 N–H and O–H groups in total. The number of rotatable bonds is 5. The number of nitrogens with zero attached hydrogens (tertiary/aromatic N) is 2. The fraction of sp³-hybridized carbons (Fsp3) is 0.185. The molecule has 1 amide bonds. The molecule has 1 aromatic heterocycles. The zero-order valence-corrected chi connectivity index (χ0v) is 18.5. The maximum absolute atomic E-state index is 12.8. The number of aromatic amines is 1. The molecule has 7 nitrogen and oxygen atoms in total. The van der Waals surface area contributed by atoms with Crippen LogP contribution in [0.3, 0.4) is 0 Å². The molecule has 0 fully saturated rings. The van der Waals surface area contributed by atoms with Gasteiger partial charge in [0, 0.05) is 19.5 Å². The maximum Gasteiger partial charge on any atom is 0.338 e. The molecule has 0 atom stereocenters. The van der Waals surface area contributed by atoms with Crippen molar-refractivity contribution >= 4 is 22.8 Å². The zero-order chi connectivity index (χ0) is 23.5. The minimum absolute atomic E-state index is 0.221. The molecule has 0 radical (unpaired) electrons. The first-order valence-corrected chi connectivity index (χ1v) is 11.2. The number of esters is 1. The fourth-order valence-electron chi connectivity index (χ4n) is 4.28. The topological polar surface area (TPSA) is 92.4 Å². The van der Waals surface area contributed by atoms with Crippen LogP contribution in [-0.2, 0) is 28.9 Å². The lowest BCUT2D eigenvalue weighted by atomic mass is 10.00. The van der Waals surface area contributed by atoms with Gasteiger partial charge in [0.25, 0.3) is 11.5 Å². The molecule has 1 aliphatic heterocycles. The second-order valence-electron chi connectivity index (χ2n) is 8.27. The largest absolute Gasteiger partial charge is 0.452 e. The Hall–Kier alpha value is -4.26. The second-order valence-corrected chi connectivity index (χ2v) is 8.27. The highest BCUT2D eigenvalue weighted by atomic mass is 16.5. The third-order valence-electron chi connectivity index (χ3n) is 6.07. The van der Waals surface area contributed by atoms with Gasteiger partial charge in [0.05, 0.1) is 16.5 Å². The summed E-state index contributed by atoms with van der Waals surface area (Å²) in [5, 5.41) is 0.512. The van der Waals surface area contributed by atoms with Crippen LogP contribution in [0.15, 0.2) is 77.6 Å². The van der Waals surface area contributed by atoms with Crippen LogP contribution in [0.25, 0.3) is 10.9 Å². The highest BCUT2D eigenvalue weighted by Gasteiger charge is 2.22. The molecule has 4 aromatic rings. The number of aromatic nitrogens is 2. The number of fused-ring (bicyclic) bond motifs is 2. The Morgan fingerprint density at radius 1 is 0.941 bits per heavy atom. The van der Waals surface area contributed by atoms with Gasteiger partial charge in [0.15, 0.2) is 6.61 Å². The van der Waals surface area contributed by atoms with E-state index in [1.807, 2.05) is 30.3 Å². The molecule has 0 bridgehead atoms. The van der Waals surface area contributed by atoms with Gasteiger partial charge >= 0.3 is 5.97 Å². The zero-order valence-electron chi connectivity index (χ0n) is 18.5. The number of carbonyl (C=O) groups excluding carboxylic acids is 2. The van der Waals surface area contributed by atoms with Crippen molar-refractivity contribution in [1.29, 1.82) is 0 Å². The van der Waals surface area contributed by atoms with E-state index in [0.717, 1.165) is 12.0 Å². The van der Waals surface area contributed by atoms with Gasteiger partial charge in [0.1, 0.15) is 5.82 Å². The number of amides is 1. The Morgan fingerprint density at radius 2 is 1.68 bits per heavy atom. The van der Waals surface area contributed by atoms with E-state index >= 15 is 0 Å². The Kier molecular flexibility index (Phi) is 5.91. The Morgan fingerprint density at radius 3 is 2.56 bits per heavy atom. The van der Waals surface area contributed by atoms with Crippen molar-refractivity contribution in [1.82, 2.24) is 14.9 Å². The smallest absolute Gasteiger partial charge is 0.338 e. The van der Waals surface area contributed by atoms with Crippen LogP contribution in [0.2, 0.25) is 0 Å². The van der Waals surface area contributed by atoms with Gasteiger partial charge in [-0.15, -0.1) is 0 Å². The molecule has 0 unspecified atom stereocenters. The van der Waals surface area contributed by atoms with Crippen LogP contribution in [0.1, 0.15) is 32.9 Å². The van der Waals surface area contributed by atoms with Crippen molar-refractivity contribution in [2.75, 3.05) is 13.2 Å². The molecule has 3 aromatic carbocycles. The molecule has 0 aliphatic carbocycles. The molecule has 0 saturated carbocycles. The molecular weight excluding hydrogens is 430 g/mol. The molecule has 7 heteroatoms. The van der Waals surface area contributed by atoms with Gasteiger partial charge in [-0.1, -0.05) is 54.6 Å². The van der Waals surface area contributed by atoms with E-state index in [1.165, 1.54) is 5.56 Å². The monoisotopic (exact) mass is 453 g/mol. The first kappa shape index (κ1) is 21.6. The third kappa shape index (κ3) is 4.45. The highest BCUT2D eigenvalue weighted by Crippen LogP contribution is 2.19. The lowest BCUT2D eigenvalue weighted by molar-refractivity contribution is -0.135. The molecule has 5 rings (SSSR count). The molecule has 34 heavy (non-hydrogen) atoms. The van der Waals surface area contributed by atoms with E-state index in [9.17, 15) is 14.4 Å². The lowest BCUT2D eigenvalue weighted by Crippen LogP contribution is -2.38. The maximum atomic E-state index is 12.8. The number of hydrogen-bond donors (Lipinski definition) is 1. The van der Waals surface area contributed by atoms with E-state index < -0.39 is 5.97 Å². The van der Waals surface area contributed by atoms with Gasteiger partial charge in [-0.25, -0.2) is 9.78 Å². The number of carbonyl (C=O) groups is 2. The summed E-state index contributed by atoms with van der Waals surface area (Å²) in [7, 11) is 0. The van der Waals surface area contributed by atoms with E-state index in [-0.39, 0.29) is 24.5 Å². The average molecular weight is 453 g/mol. The van der Waals surface area contributed by atoms with E-state index in [4.69, 9.17) is 4.74 Å². The highest BCUT2D eigenvalue weighted by molar-refractivity contribution is 5.93. The van der Waals surface area contributed by atoms with E-state index in [2.05, 4.69) is 16.0 Å². The average Bonchev–Trinajstić information content (AvgIpc) is 2.87. The van der Waals surface area contributed by atoms with Crippen LogP contribution >= 0.6 is 0 Å². The van der Waals surface area contributed by atoms with E-state index in [0.29, 0.717) is 40.9 Å². The SMILES string of the molecule is O=C(OCC(=O)N1CCc2ccccc2C1)c1ccccc1Cc1nc2ccccc2c(=O)[nH]1. The summed E-state index contributed by atoms with van der Waals surface area (Å²) in [6.07, 6.45) is 1.04. The standard InChI is InChI=1S/C27H23N3O4/c31-25(30-14-13-18-7-1-2-9-20(18)16-30)17-34-27(33)21-10-4-3-8-19(21)15-24-28-23-12-6-5-11-22(23)26(32)29-24/h1-12H,13-17H2,(H,28,29,32). The quantitative estimate of drug-likeness (QED) is 0.469.